The van der Waals surface area contributed by atoms with Crippen molar-refractivity contribution in [3.63, 3.8) is 0 Å². The zero-order chi connectivity index (χ0) is 17.1. The molecule has 0 aliphatic carbocycles. The highest BCUT2D eigenvalue weighted by Crippen LogP contribution is 2.33. The Bertz CT molecular complexity index is 728. The summed E-state index contributed by atoms with van der Waals surface area (Å²) in [5.74, 6) is -0.406. The van der Waals surface area contributed by atoms with Gasteiger partial charge in [0.2, 0.25) is 10.1 Å². The van der Waals surface area contributed by atoms with E-state index >= 15 is 0 Å². The molecule has 0 saturated carbocycles. The van der Waals surface area contributed by atoms with Crippen LogP contribution in [0.25, 0.3) is 0 Å². The predicted molar refractivity (Wildman–Crippen MR) is 92.9 cm³/mol. The van der Waals surface area contributed by atoms with Gasteiger partial charge >= 0.3 is 5.97 Å². The van der Waals surface area contributed by atoms with E-state index < -0.39 is 5.97 Å². The number of aromatic nitrogens is 2. The summed E-state index contributed by atoms with van der Waals surface area (Å²) in [5.41, 5.74) is 1.83. The minimum Gasteiger partial charge on any atom is -0.494 e. The van der Waals surface area contributed by atoms with Crippen molar-refractivity contribution in [1.82, 2.24) is 15.1 Å². The fourth-order valence-electron chi connectivity index (χ4n) is 2.52. The van der Waals surface area contributed by atoms with E-state index in [0.717, 1.165) is 48.9 Å². The molecule has 8 nitrogen and oxygen atoms in total. The minimum atomic E-state index is -1.09. The second-order valence-electron chi connectivity index (χ2n) is 5.52. The first kappa shape index (κ1) is 16.5. The molecule has 2 aromatic rings. The molecule has 1 aliphatic rings. The number of ether oxygens (including phenoxy) is 1. The summed E-state index contributed by atoms with van der Waals surface area (Å²) in [6.07, 6.45) is 0. The SMILES string of the molecule is COc1cc(N2CCN(C)CC2)ccc1Nc1nnc(C(=O)O)s1. The van der Waals surface area contributed by atoms with E-state index in [4.69, 9.17) is 9.84 Å². The maximum absolute atomic E-state index is 10.9. The standard InChI is InChI=1S/C15H19N5O3S/c1-19-5-7-20(8-6-19)10-3-4-11(12(9-10)23-2)16-15-18-17-13(24-15)14(21)22/h3-4,9H,5-8H2,1-2H3,(H,16,18)(H,21,22). The highest BCUT2D eigenvalue weighted by molar-refractivity contribution is 7.17. The van der Waals surface area contributed by atoms with Crippen molar-refractivity contribution in [3.8, 4) is 5.75 Å². The third-order valence-corrected chi connectivity index (χ3v) is 4.73. The number of carbonyl (C=O) groups is 1. The number of nitrogens with zero attached hydrogens (tertiary/aromatic N) is 4. The van der Waals surface area contributed by atoms with Gasteiger partial charge in [-0.2, -0.15) is 0 Å². The number of carboxylic acid groups (broad SMARTS) is 1. The number of hydrogen-bond donors (Lipinski definition) is 2. The maximum atomic E-state index is 10.9. The molecular weight excluding hydrogens is 330 g/mol. The fraction of sp³-hybridized carbons (Fsp3) is 0.400. The lowest BCUT2D eigenvalue weighted by Gasteiger charge is -2.34. The highest BCUT2D eigenvalue weighted by Gasteiger charge is 2.17. The van der Waals surface area contributed by atoms with Crippen molar-refractivity contribution >= 4 is 33.8 Å². The Morgan fingerprint density at radius 1 is 1.29 bits per heavy atom. The lowest BCUT2D eigenvalue weighted by molar-refractivity contribution is 0.0695. The monoisotopic (exact) mass is 349 g/mol. The Balaban J connectivity index is 1.77. The smallest absolute Gasteiger partial charge is 0.367 e. The topological polar surface area (TPSA) is 90.8 Å². The molecule has 2 N–H and O–H groups in total. The minimum absolute atomic E-state index is 0.0504. The van der Waals surface area contributed by atoms with Gasteiger partial charge in [0.15, 0.2) is 0 Å². The Morgan fingerprint density at radius 2 is 2.04 bits per heavy atom. The lowest BCUT2D eigenvalue weighted by Crippen LogP contribution is -2.44. The Hall–Kier alpha value is -2.39. The molecule has 0 radical (unpaired) electrons. The quantitative estimate of drug-likeness (QED) is 0.843. The van der Waals surface area contributed by atoms with E-state index in [1.807, 2.05) is 18.2 Å². The van der Waals surface area contributed by atoms with Crippen LogP contribution in [0.3, 0.4) is 0 Å². The predicted octanol–water partition coefficient (Wildman–Crippen LogP) is 1.74. The molecule has 1 saturated heterocycles. The van der Waals surface area contributed by atoms with E-state index in [2.05, 4.69) is 32.4 Å². The molecule has 3 rings (SSSR count). The summed E-state index contributed by atoms with van der Waals surface area (Å²) in [4.78, 5) is 15.5. The summed E-state index contributed by atoms with van der Waals surface area (Å²) in [5, 5.41) is 19.8. The lowest BCUT2D eigenvalue weighted by atomic mass is 10.2. The van der Waals surface area contributed by atoms with Gasteiger partial charge in [-0.25, -0.2) is 4.79 Å². The summed E-state index contributed by atoms with van der Waals surface area (Å²) in [6.45, 7) is 4.02. The van der Waals surface area contributed by atoms with Crippen LogP contribution in [-0.2, 0) is 0 Å². The van der Waals surface area contributed by atoms with E-state index in [9.17, 15) is 4.79 Å². The number of hydrogen-bond acceptors (Lipinski definition) is 8. The number of rotatable bonds is 5. The average Bonchev–Trinajstić information content (AvgIpc) is 3.05. The Kier molecular flexibility index (Phi) is 4.81. The van der Waals surface area contributed by atoms with Crippen molar-refractivity contribution in [2.24, 2.45) is 0 Å². The second-order valence-corrected chi connectivity index (χ2v) is 6.49. The van der Waals surface area contributed by atoms with E-state index in [-0.39, 0.29) is 5.01 Å². The molecule has 0 atom stereocenters. The number of likely N-dealkylation sites (N-methyl/N-ethyl adjacent to an activating group) is 1. The van der Waals surface area contributed by atoms with Crippen molar-refractivity contribution in [3.05, 3.63) is 23.2 Å². The van der Waals surface area contributed by atoms with Crippen molar-refractivity contribution in [2.75, 3.05) is 50.6 Å². The van der Waals surface area contributed by atoms with Gasteiger partial charge in [-0.05, 0) is 19.2 Å². The number of nitrogens with one attached hydrogen (secondary N) is 1. The average molecular weight is 349 g/mol. The van der Waals surface area contributed by atoms with Crippen LogP contribution in [0.4, 0.5) is 16.5 Å². The van der Waals surface area contributed by atoms with Gasteiger partial charge in [-0.15, -0.1) is 10.2 Å². The van der Waals surface area contributed by atoms with Gasteiger partial charge in [-0.3, -0.25) is 0 Å². The molecule has 1 aliphatic heterocycles. The van der Waals surface area contributed by atoms with Gasteiger partial charge in [0.25, 0.3) is 0 Å². The van der Waals surface area contributed by atoms with Crippen molar-refractivity contribution in [2.45, 2.75) is 0 Å². The molecule has 9 heteroatoms. The highest BCUT2D eigenvalue weighted by atomic mass is 32.1. The van der Waals surface area contributed by atoms with Crippen LogP contribution in [0, 0.1) is 0 Å². The van der Waals surface area contributed by atoms with E-state index in [1.54, 1.807) is 7.11 Å². The third-order valence-electron chi connectivity index (χ3n) is 3.90. The summed E-state index contributed by atoms with van der Waals surface area (Å²) in [6, 6.07) is 5.91. The van der Waals surface area contributed by atoms with Crippen molar-refractivity contribution in [1.29, 1.82) is 0 Å². The summed E-state index contributed by atoms with van der Waals surface area (Å²) < 4.78 is 5.46. The third kappa shape index (κ3) is 3.57. The zero-order valence-corrected chi connectivity index (χ0v) is 14.3. The molecule has 0 spiro atoms. The molecule has 24 heavy (non-hydrogen) atoms. The number of piperazine rings is 1. The molecule has 2 heterocycles. The van der Waals surface area contributed by atoms with Crippen LogP contribution >= 0.6 is 11.3 Å². The van der Waals surface area contributed by atoms with Gasteiger partial charge in [0, 0.05) is 37.9 Å². The summed E-state index contributed by atoms with van der Waals surface area (Å²) >= 11 is 0.983. The second kappa shape index (κ2) is 7.02. The van der Waals surface area contributed by atoms with E-state index in [1.165, 1.54) is 0 Å². The van der Waals surface area contributed by atoms with Gasteiger partial charge in [0.05, 0.1) is 12.8 Å². The van der Waals surface area contributed by atoms with Crippen LogP contribution in [0.2, 0.25) is 0 Å². The van der Waals surface area contributed by atoms with Crippen LogP contribution in [0.5, 0.6) is 5.75 Å². The van der Waals surface area contributed by atoms with Gasteiger partial charge < -0.3 is 25.0 Å². The molecule has 1 aromatic carbocycles. The number of anilines is 3. The van der Waals surface area contributed by atoms with Crippen LogP contribution in [0.15, 0.2) is 18.2 Å². The van der Waals surface area contributed by atoms with Gasteiger partial charge in [0.1, 0.15) is 5.75 Å². The van der Waals surface area contributed by atoms with Crippen LogP contribution < -0.4 is 15.0 Å². The van der Waals surface area contributed by atoms with Crippen LogP contribution in [-0.4, -0.2) is 66.5 Å². The molecule has 0 bridgehead atoms. The molecule has 128 valence electrons. The molecule has 1 fully saturated rings. The normalized spacial score (nSPS) is 15.3. The largest absolute Gasteiger partial charge is 0.494 e. The fourth-order valence-corrected chi connectivity index (χ4v) is 3.11. The molecule has 0 unspecified atom stereocenters. The molecular formula is C15H19N5O3S. The summed E-state index contributed by atoms with van der Waals surface area (Å²) in [7, 11) is 3.73. The van der Waals surface area contributed by atoms with Gasteiger partial charge in [-0.1, -0.05) is 11.3 Å². The number of carboxylic acids is 1. The first-order valence-electron chi connectivity index (χ1n) is 7.52. The zero-order valence-electron chi connectivity index (χ0n) is 13.5. The van der Waals surface area contributed by atoms with Crippen molar-refractivity contribution < 1.29 is 14.6 Å². The number of aromatic carboxylic acids is 1. The van der Waals surface area contributed by atoms with Crippen LogP contribution in [0.1, 0.15) is 9.80 Å². The Morgan fingerprint density at radius 3 is 2.67 bits per heavy atom. The first-order valence-corrected chi connectivity index (χ1v) is 8.34. The first-order chi connectivity index (χ1) is 11.6. The molecule has 1 aromatic heterocycles. The number of benzene rings is 1. The Labute approximate surface area is 143 Å². The van der Waals surface area contributed by atoms with E-state index in [0.29, 0.717) is 10.9 Å². The molecule has 0 amide bonds. The maximum Gasteiger partial charge on any atom is 0.367 e. The number of methoxy groups -OCH3 is 1.